The van der Waals surface area contributed by atoms with Gasteiger partial charge in [0.25, 0.3) is 0 Å². The molecule has 0 fully saturated rings. The van der Waals surface area contributed by atoms with Gasteiger partial charge in [-0.3, -0.25) is 4.98 Å². The molecule has 4 aromatic rings. The van der Waals surface area contributed by atoms with Gasteiger partial charge in [0.15, 0.2) is 5.65 Å². The summed E-state index contributed by atoms with van der Waals surface area (Å²) in [7, 11) is -4.20. The molecule has 3 aromatic heterocycles. The van der Waals surface area contributed by atoms with Crippen molar-refractivity contribution in [1.29, 1.82) is 0 Å². The maximum absolute atomic E-state index is 13.5. The van der Waals surface area contributed by atoms with Crippen molar-refractivity contribution in [3.05, 3.63) is 60.6 Å². The molecule has 4 N–H and O–H groups in total. The summed E-state index contributed by atoms with van der Waals surface area (Å²) >= 11 is 0. The number of benzene rings is 1. The molecule has 4 rings (SSSR count). The van der Waals surface area contributed by atoms with Gasteiger partial charge in [0, 0.05) is 35.3 Å². The molecule has 30 heavy (non-hydrogen) atoms. The fourth-order valence-electron chi connectivity index (χ4n) is 3.00. The van der Waals surface area contributed by atoms with E-state index in [-0.39, 0.29) is 17.1 Å². The Kier molecular flexibility index (Phi) is 4.47. The van der Waals surface area contributed by atoms with Crippen LogP contribution in [0, 0.1) is 0 Å². The molecule has 0 aliphatic rings. The predicted octanol–water partition coefficient (Wildman–Crippen LogP) is 2.71. The van der Waals surface area contributed by atoms with Crippen LogP contribution in [0.1, 0.15) is 5.56 Å². The van der Waals surface area contributed by atoms with E-state index in [1.165, 1.54) is 23.0 Å². The molecular formula is C18H13F3N6O2S. The minimum absolute atomic E-state index is 0.0727. The third kappa shape index (κ3) is 3.69. The lowest BCUT2D eigenvalue weighted by Gasteiger charge is -2.15. The number of pyridine rings is 2. The van der Waals surface area contributed by atoms with E-state index in [1.54, 1.807) is 18.3 Å². The molecule has 0 spiro atoms. The average Bonchev–Trinajstić information content (AvgIpc) is 3.05. The van der Waals surface area contributed by atoms with Crippen molar-refractivity contribution in [1.82, 2.24) is 19.6 Å². The minimum atomic E-state index is -4.71. The van der Waals surface area contributed by atoms with Crippen LogP contribution in [0.3, 0.4) is 0 Å². The van der Waals surface area contributed by atoms with Crippen LogP contribution in [-0.2, 0) is 16.2 Å². The number of nitrogens with two attached hydrogens (primary N) is 2. The zero-order chi connectivity index (χ0) is 21.7. The average molecular weight is 434 g/mol. The van der Waals surface area contributed by atoms with E-state index in [0.717, 1.165) is 12.1 Å². The van der Waals surface area contributed by atoms with Gasteiger partial charge in [0.05, 0.1) is 10.5 Å². The number of nitrogen functional groups attached to an aromatic ring is 1. The maximum Gasteiger partial charge on any atom is 0.417 e. The molecule has 0 amide bonds. The van der Waals surface area contributed by atoms with E-state index in [2.05, 4.69) is 15.1 Å². The van der Waals surface area contributed by atoms with E-state index in [4.69, 9.17) is 10.9 Å². The lowest BCUT2D eigenvalue weighted by Crippen LogP contribution is -2.14. The monoisotopic (exact) mass is 434 g/mol. The first-order valence-corrected chi connectivity index (χ1v) is 9.89. The number of halogens is 3. The van der Waals surface area contributed by atoms with Gasteiger partial charge in [-0.25, -0.2) is 18.1 Å². The van der Waals surface area contributed by atoms with Crippen molar-refractivity contribution in [2.24, 2.45) is 5.14 Å². The van der Waals surface area contributed by atoms with Gasteiger partial charge in [-0.15, -0.1) is 5.10 Å². The smallest absolute Gasteiger partial charge is 0.366 e. The summed E-state index contributed by atoms with van der Waals surface area (Å²) in [5, 5.41) is 9.09. The number of anilines is 1. The Hall–Kier alpha value is -3.51. The molecule has 8 nitrogen and oxygen atoms in total. The number of hydrogen-bond acceptors (Lipinski definition) is 6. The number of rotatable bonds is 3. The van der Waals surface area contributed by atoms with Gasteiger partial charge in [-0.1, -0.05) is 0 Å². The van der Waals surface area contributed by atoms with Crippen molar-refractivity contribution in [3.8, 4) is 22.3 Å². The van der Waals surface area contributed by atoms with Crippen LogP contribution in [0.2, 0.25) is 0 Å². The highest BCUT2D eigenvalue weighted by Crippen LogP contribution is 2.38. The molecule has 0 aliphatic carbocycles. The Bertz CT molecular complexity index is 1380. The molecule has 3 heterocycles. The fraction of sp³-hybridized carbons (Fsp3) is 0.0556. The van der Waals surface area contributed by atoms with Gasteiger partial charge >= 0.3 is 6.18 Å². The second kappa shape index (κ2) is 6.78. The fourth-order valence-corrected chi connectivity index (χ4v) is 3.54. The molecule has 0 unspecified atom stereocenters. The Labute approximate surface area is 168 Å². The van der Waals surface area contributed by atoms with E-state index in [0.29, 0.717) is 22.8 Å². The van der Waals surface area contributed by atoms with E-state index < -0.39 is 26.7 Å². The highest BCUT2D eigenvalue weighted by molar-refractivity contribution is 7.89. The van der Waals surface area contributed by atoms with E-state index in [1.807, 2.05) is 0 Å². The number of fused-ring (bicyclic) bond motifs is 1. The first-order valence-electron chi connectivity index (χ1n) is 8.34. The lowest BCUT2D eigenvalue weighted by molar-refractivity contribution is -0.137. The Morgan fingerprint density at radius 1 is 0.967 bits per heavy atom. The molecule has 0 saturated carbocycles. The quantitative estimate of drug-likeness (QED) is 0.510. The standard InChI is InChI=1S/C18H13F3N6O2S/c19-18(20,21)15-3-2-13(30(23,28)29)6-14(15)12-5-11(7-24-8-12)10-1-4-16-25-17(22)26-27(16)9-10/h1-9H,(H2,22,26)(H2,23,28,29). The number of hydrogen-bond donors (Lipinski definition) is 2. The summed E-state index contributed by atoms with van der Waals surface area (Å²) in [6.45, 7) is 0. The Morgan fingerprint density at radius 3 is 2.40 bits per heavy atom. The minimum Gasteiger partial charge on any atom is -0.366 e. The first kappa shape index (κ1) is 19.8. The molecule has 0 bridgehead atoms. The molecule has 12 heteroatoms. The lowest BCUT2D eigenvalue weighted by atomic mass is 9.98. The molecule has 0 atom stereocenters. The molecule has 0 aliphatic heterocycles. The second-order valence-electron chi connectivity index (χ2n) is 6.40. The molecule has 1 aromatic carbocycles. The summed E-state index contributed by atoms with van der Waals surface area (Å²) in [6, 6.07) is 7.20. The molecule has 0 saturated heterocycles. The zero-order valence-corrected chi connectivity index (χ0v) is 15.8. The SMILES string of the molecule is Nc1nc2ccc(-c3cncc(-c4cc(S(N)(=O)=O)ccc4C(F)(F)F)c3)cn2n1. The first-order chi connectivity index (χ1) is 14.0. The molecule has 0 radical (unpaired) electrons. The number of primary sulfonamides is 1. The van der Waals surface area contributed by atoms with Crippen LogP contribution in [0.5, 0.6) is 0 Å². The topological polar surface area (TPSA) is 129 Å². The predicted molar refractivity (Wildman–Crippen MR) is 102 cm³/mol. The zero-order valence-electron chi connectivity index (χ0n) is 15.0. The van der Waals surface area contributed by atoms with E-state index >= 15 is 0 Å². The van der Waals surface area contributed by atoms with Crippen molar-refractivity contribution in [2.45, 2.75) is 11.1 Å². The number of nitrogens with zero attached hydrogens (tertiary/aromatic N) is 4. The summed E-state index contributed by atoms with van der Waals surface area (Å²) in [6.07, 6.45) is -0.432. The van der Waals surface area contributed by atoms with Crippen LogP contribution in [0.15, 0.2) is 59.9 Å². The van der Waals surface area contributed by atoms with Crippen LogP contribution in [-0.4, -0.2) is 28.0 Å². The third-order valence-corrected chi connectivity index (χ3v) is 5.27. The largest absolute Gasteiger partial charge is 0.417 e. The van der Waals surface area contributed by atoms with Crippen molar-refractivity contribution in [3.63, 3.8) is 0 Å². The number of alkyl halides is 3. The van der Waals surface area contributed by atoms with Crippen LogP contribution < -0.4 is 10.9 Å². The van der Waals surface area contributed by atoms with Gasteiger partial charge < -0.3 is 5.73 Å². The Morgan fingerprint density at radius 2 is 1.70 bits per heavy atom. The van der Waals surface area contributed by atoms with Crippen molar-refractivity contribution in [2.75, 3.05) is 5.73 Å². The molecular weight excluding hydrogens is 421 g/mol. The van der Waals surface area contributed by atoms with E-state index in [9.17, 15) is 21.6 Å². The molecule has 154 valence electrons. The Balaban J connectivity index is 1.88. The summed E-state index contributed by atoms with van der Waals surface area (Å²) < 4.78 is 65.3. The summed E-state index contributed by atoms with van der Waals surface area (Å²) in [5.74, 6) is 0.0775. The second-order valence-corrected chi connectivity index (χ2v) is 7.96. The van der Waals surface area contributed by atoms with Crippen LogP contribution >= 0.6 is 0 Å². The maximum atomic E-state index is 13.5. The van der Waals surface area contributed by atoms with Crippen LogP contribution in [0.4, 0.5) is 19.1 Å². The van der Waals surface area contributed by atoms with Crippen molar-refractivity contribution >= 4 is 21.6 Å². The van der Waals surface area contributed by atoms with Gasteiger partial charge in [0.1, 0.15) is 0 Å². The highest BCUT2D eigenvalue weighted by Gasteiger charge is 2.34. The summed E-state index contributed by atoms with van der Waals surface area (Å²) in [5.41, 5.74) is 5.86. The van der Waals surface area contributed by atoms with Crippen LogP contribution in [0.25, 0.3) is 27.9 Å². The highest BCUT2D eigenvalue weighted by atomic mass is 32.2. The third-order valence-electron chi connectivity index (χ3n) is 4.35. The van der Waals surface area contributed by atoms with Gasteiger partial charge in [-0.2, -0.15) is 18.2 Å². The van der Waals surface area contributed by atoms with Gasteiger partial charge in [-0.05, 0) is 42.0 Å². The number of sulfonamides is 1. The van der Waals surface area contributed by atoms with Gasteiger partial charge in [0.2, 0.25) is 16.0 Å². The summed E-state index contributed by atoms with van der Waals surface area (Å²) in [4.78, 5) is 7.59. The number of aromatic nitrogens is 4. The normalized spacial score (nSPS) is 12.4. The van der Waals surface area contributed by atoms with Crippen molar-refractivity contribution < 1.29 is 21.6 Å².